The topological polar surface area (TPSA) is 193 Å². The average molecular weight is 680 g/mol. The Balaban J connectivity index is 2.08. The van der Waals surface area contributed by atoms with Crippen molar-refractivity contribution in [3.05, 3.63) is 88.3 Å². The summed E-state index contributed by atoms with van der Waals surface area (Å²) in [6.07, 6.45) is 2.94. The maximum absolute atomic E-state index is 13.9. The molecule has 2 bridgehead atoms. The molecular formula is C36H45N3O10. The predicted molar refractivity (Wildman–Crippen MR) is 180 cm³/mol. The van der Waals surface area contributed by atoms with Crippen molar-refractivity contribution in [2.24, 2.45) is 17.6 Å². The van der Waals surface area contributed by atoms with Crippen LogP contribution in [0.15, 0.2) is 82.8 Å². The molecule has 1 aromatic carbocycles. The van der Waals surface area contributed by atoms with Crippen LogP contribution in [0.25, 0.3) is 0 Å². The van der Waals surface area contributed by atoms with Gasteiger partial charge in [0.05, 0.1) is 30.7 Å². The normalized spacial score (nSPS) is 28.7. The first-order valence-electron chi connectivity index (χ1n) is 15.7. The van der Waals surface area contributed by atoms with Crippen LogP contribution in [0, 0.1) is 11.8 Å². The van der Waals surface area contributed by atoms with Gasteiger partial charge in [-0.2, -0.15) is 0 Å². The molecule has 1 heterocycles. The van der Waals surface area contributed by atoms with E-state index in [9.17, 15) is 29.1 Å². The zero-order chi connectivity index (χ0) is 36.4. The third kappa shape index (κ3) is 10.1. The molecule has 0 fully saturated rings. The zero-order valence-electron chi connectivity index (χ0n) is 28.8. The molecule has 0 saturated heterocycles. The molecule has 0 saturated carbocycles. The Morgan fingerprint density at radius 1 is 1.02 bits per heavy atom. The number of carbonyl (C=O) groups is 5. The van der Waals surface area contributed by atoms with E-state index < -0.39 is 59.8 Å². The first-order valence-corrected chi connectivity index (χ1v) is 15.7. The van der Waals surface area contributed by atoms with E-state index in [2.05, 4.69) is 10.6 Å². The fourth-order valence-corrected chi connectivity index (χ4v) is 5.65. The van der Waals surface area contributed by atoms with Crippen LogP contribution in [0.1, 0.15) is 50.9 Å². The van der Waals surface area contributed by atoms with Gasteiger partial charge in [-0.05, 0) is 62.4 Å². The van der Waals surface area contributed by atoms with Crippen molar-refractivity contribution in [3.8, 4) is 5.75 Å². The van der Waals surface area contributed by atoms with Crippen LogP contribution in [0.2, 0.25) is 0 Å². The lowest BCUT2D eigenvalue weighted by Crippen LogP contribution is -2.38. The van der Waals surface area contributed by atoms with Crippen molar-refractivity contribution in [2.75, 3.05) is 21.3 Å². The van der Waals surface area contributed by atoms with Crippen LogP contribution in [0.4, 0.5) is 4.79 Å². The van der Waals surface area contributed by atoms with Gasteiger partial charge in [-0.25, -0.2) is 4.79 Å². The number of ketones is 2. The number of amides is 3. The molecular weight excluding hydrogens is 634 g/mol. The number of methoxy groups -OCH3 is 3. The van der Waals surface area contributed by atoms with Crippen LogP contribution < -0.4 is 21.1 Å². The Labute approximate surface area is 285 Å². The standard InChI is InChI=1S/C36H45N3O10/c1-19-15-25-30(39-35(44)23-11-13-24(46-5)14-12-23)27(40)18-26(32(25)42)38-34(43)20(2)9-8-10-28(47-6)33(49-36(37)45)22(4)17-21(3)31(41)29(16-19)48-7/h8-14,17-19,21,28-29,31,33,41H,15-16H2,1-7H3,(H2,37,45)(H,38,43)(H,39,44)/b10-8-,20-9-,22-17-/t19-,21+,28-,29-,31+,33-/m1/s1. The molecule has 2 aliphatic rings. The number of aliphatic hydroxyl groups excluding tert-OH is 1. The molecule has 13 nitrogen and oxygen atoms in total. The summed E-state index contributed by atoms with van der Waals surface area (Å²) in [7, 11) is 4.35. The van der Waals surface area contributed by atoms with Crippen molar-refractivity contribution < 1.29 is 48.0 Å². The van der Waals surface area contributed by atoms with Gasteiger partial charge in [0.2, 0.25) is 11.6 Å². The summed E-state index contributed by atoms with van der Waals surface area (Å²) in [5.41, 5.74) is 5.86. The van der Waals surface area contributed by atoms with Gasteiger partial charge < -0.3 is 40.4 Å². The lowest BCUT2D eigenvalue weighted by atomic mass is 9.85. The fourth-order valence-electron chi connectivity index (χ4n) is 5.65. The van der Waals surface area contributed by atoms with E-state index in [1.807, 2.05) is 6.92 Å². The molecule has 1 aromatic rings. The van der Waals surface area contributed by atoms with Gasteiger partial charge in [0.15, 0.2) is 6.10 Å². The second-order valence-electron chi connectivity index (χ2n) is 12.1. The summed E-state index contributed by atoms with van der Waals surface area (Å²) in [4.78, 5) is 65.5. The zero-order valence-corrected chi connectivity index (χ0v) is 28.8. The number of carbonyl (C=O) groups excluding carboxylic acids is 5. The number of nitrogens with one attached hydrogen (secondary N) is 2. The SMILES string of the molecule is COc1ccc(C(=O)NC2=C3C[C@@H](C)C[C@@H](OC)[C@@H](O)[C@@H](C)/C=C(/C)[C@@H](OC(N)=O)[C@H](OC)/C=C\C=C(\C)C(=O)NC(=CC2=O)C3=O)cc1. The van der Waals surface area contributed by atoms with Crippen LogP contribution >= 0.6 is 0 Å². The molecule has 1 aliphatic heterocycles. The molecule has 1 aliphatic carbocycles. The van der Waals surface area contributed by atoms with Gasteiger partial charge in [0, 0.05) is 42.9 Å². The summed E-state index contributed by atoms with van der Waals surface area (Å²) in [6.45, 7) is 6.81. The number of primary amides is 1. The van der Waals surface area contributed by atoms with Crippen molar-refractivity contribution in [3.63, 3.8) is 0 Å². The van der Waals surface area contributed by atoms with Crippen LogP contribution in [-0.2, 0) is 28.6 Å². The molecule has 5 N–H and O–H groups in total. The smallest absolute Gasteiger partial charge is 0.405 e. The molecule has 3 amide bonds. The maximum Gasteiger partial charge on any atom is 0.405 e. The molecule has 0 aromatic heterocycles. The van der Waals surface area contributed by atoms with Crippen molar-refractivity contribution in [1.82, 2.24) is 10.6 Å². The van der Waals surface area contributed by atoms with Crippen LogP contribution in [0.5, 0.6) is 5.75 Å². The quantitative estimate of drug-likeness (QED) is 0.256. The number of ether oxygens (including phenoxy) is 4. The number of aliphatic hydroxyl groups is 1. The molecule has 3 rings (SSSR count). The molecule has 0 unspecified atom stereocenters. The van der Waals surface area contributed by atoms with Crippen LogP contribution in [-0.4, -0.2) is 80.3 Å². The number of nitrogens with two attached hydrogens (primary N) is 1. The molecule has 0 radical (unpaired) electrons. The van der Waals surface area contributed by atoms with E-state index in [0.29, 0.717) is 11.3 Å². The van der Waals surface area contributed by atoms with Crippen molar-refractivity contribution in [1.29, 1.82) is 0 Å². The van der Waals surface area contributed by atoms with Gasteiger partial charge in [-0.15, -0.1) is 0 Å². The first kappa shape index (κ1) is 38.6. The van der Waals surface area contributed by atoms with Crippen LogP contribution in [0.3, 0.4) is 0 Å². The number of hydrogen-bond donors (Lipinski definition) is 4. The highest BCUT2D eigenvalue weighted by atomic mass is 16.6. The number of rotatable bonds is 6. The number of benzene rings is 1. The van der Waals surface area contributed by atoms with E-state index in [0.717, 1.165) is 6.08 Å². The summed E-state index contributed by atoms with van der Waals surface area (Å²) in [6, 6.07) is 6.22. The van der Waals surface area contributed by atoms with Gasteiger partial charge >= 0.3 is 6.09 Å². The highest BCUT2D eigenvalue weighted by Crippen LogP contribution is 2.29. The average Bonchev–Trinajstić information content (AvgIpc) is 3.07. The minimum Gasteiger partial charge on any atom is -0.497 e. The third-order valence-corrected chi connectivity index (χ3v) is 8.38. The maximum atomic E-state index is 13.9. The number of allylic oxidation sites excluding steroid dienone is 4. The van der Waals surface area contributed by atoms with Gasteiger partial charge in [0.25, 0.3) is 11.8 Å². The van der Waals surface area contributed by atoms with E-state index in [-0.39, 0.29) is 46.9 Å². The van der Waals surface area contributed by atoms with Gasteiger partial charge in [-0.3, -0.25) is 19.2 Å². The minimum absolute atomic E-state index is 0.000818. The summed E-state index contributed by atoms with van der Waals surface area (Å²) in [5.74, 6) is -2.91. The molecule has 49 heavy (non-hydrogen) atoms. The highest BCUT2D eigenvalue weighted by molar-refractivity contribution is 6.24. The third-order valence-electron chi connectivity index (χ3n) is 8.38. The van der Waals surface area contributed by atoms with Gasteiger partial charge in [0.1, 0.15) is 11.9 Å². The summed E-state index contributed by atoms with van der Waals surface area (Å²) < 4.78 is 21.8. The van der Waals surface area contributed by atoms with Crippen molar-refractivity contribution in [2.45, 2.75) is 65.0 Å². The molecule has 0 spiro atoms. The lowest BCUT2D eigenvalue weighted by Gasteiger charge is -2.30. The molecule has 6 atom stereocenters. The largest absolute Gasteiger partial charge is 0.497 e. The first-order chi connectivity index (χ1) is 23.2. The van der Waals surface area contributed by atoms with E-state index in [1.165, 1.54) is 52.5 Å². The summed E-state index contributed by atoms with van der Waals surface area (Å²) in [5, 5.41) is 16.5. The minimum atomic E-state index is -1.04. The fraction of sp³-hybridized carbons (Fsp3) is 0.417. The monoisotopic (exact) mass is 679 g/mol. The van der Waals surface area contributed by atoms with Crippen molar-refractivity contribution >= 4 is 29.5 Å². The second kappa shape index (κ2) is 17.5. The number of Topliss-reactive ketones (excluding diaryl/α,β-unsaturated/α-hetero) is 1. The Morgan fingerprint density at radius 2 is 1.69 bits per heavy atom. The van der Waals surface area contributed by atoms with E-state index >= 15 is 0 Å². The Hall–Kier alpha value is -4.85. The number of fused-ring (bicyclic) bond motifs is 2. The lowest BCUT2D eigenvalue weighted by molar-refractivity contribution is -0.120. The Bertz CT molecular complexity index is 1590. The van der Waals surface area contributed by atoms with E-state index in [4.69, 9.17) is 24.7 Å². The number of hydrogen-bond acceptors (Lipinski definition) is 10. The Kier molecular flexibility index (Phi) is 13.8. The predicted octanol–water partition coefficient (Wildman–Crippen LogP) is 3.20. The summed E-state index contributed by atoms with van der Waals surface area (Å²) >= 11 is 0. The van der Waals surface area contributed by atoms with Gasteiger partial charge in [-0.1, -0.05) is 38.2 Å². The highest BCUT2D eigenvalue weighted by Gasteiger charge is 2.34. The Morgan fingerprint density at radius 3 is 2.29 bits per heavy atom. The second-order valence-corrected chi connectivity index (χ2v) is 12.1. The molecule has 13 heteroatoms. The van der Waals surface area contributed by atoms with E-state index in [1.54, 1.807) is 38.1 Å². The molecule has 264 valence electrons.